The van der Waals surface area contributed by atoms with Crippen LogP contribution >= 0.6 is 0 Å². The summed E-state index contributed by atoms with van der Waals surface area (Å²) in [4.78, 5) is 4.43. The number of benzene rings is 2. The van der Waals surface area contributed by atoms with E-state index < -0.39 is 0 Å². The van der Waals surface area contributed by atoms with Gasteiger partial charge in [0.2, 0.25) is 0 Å². The van der Waals surface area contributed by atoms with Crippen LogP contribution in [0.2, 0.25) is 0 Å². The van der Waals surface area contributed by atoms with E-state index in [4.69, 9.17) is 0 Å². The highest BCUT2D eigenvalue weighted by atomic mass is 15.0. The lowest BCUT2D eigenvalue weighted by Crippen LogP contribution is -2.06. The van der Waals surface area contributed by atoms with Gasteiger partial charge in [-0.3, -0.25) is 0 Å². The first kappa shape index (κ1) is 14.1. The van der Waals surface area contributed by atoms with Crippen molar-refractivity contribution in [2.45, 2.75) is 13.1 Å². The molecule has 1 aromatic heterocycles. The van der Waals surface area contributed by atoms with Crippen molar-refractivity contribution in [1.82, 2.24) is 4.98 Å². The fourth-order valence-electron chi connectivity index (χ4n) is 2.26. The second-order valence-electron chi connectivity index (χ2n) is 5.08. The molecule has 3 rings (SSSR count). The Labute approximate surface area is 131 Å². The van der Waals surface area contributed by atoms with Crippen LogP contribution < -0.4 is 10.6 Å². The molecule has 0 saturated heterocycles. The van der Waals surface area contributed by atoms with Crippen LogP contribution in [0.3, 0.4) is 0 Å². The molecule has 3 nitrogen and oxygen atoms in total. The summed E-state index contributed by atoms with van der Waals surface area (Å²) >= 11 is 0. The fraction of sp³-hybridized carbons (Fsp3) is 0.105. The Morgan fingerprint density at radius 2 is 1.23 bits per heavy atom. The van der Waals surface area contributed by atoms with Crippen LogP contribution in [0.5, 0.6) is 0 Å². The molecule has 0 aliphatic carbocycles. The molecule has 3 aromatic rings. The molecule has 0 bridgehead atoms. The van der Waals surface area contributed by atoms with Gasteiger partial charge in [0.25, 0.3) is 0 Å². The number of anilines is 2. The van der Waals surface area contributed by atoms with E-state index in [-0.39, 0.29) is 0 Å². The lowest BCUT2D eigenvalue weighted by molar-refractivity contribution is 1.09. The SMILES string of the molecule is c1ccc(CNc2cccnc2NCc2ccccc2)cc1. The third-order valence-electron chi connectivity index (χ3n) is 3.44. The summed E-state index contributed by atoms with van der Waals surface area (Å²) in [5.41, 5.74) is 3.50. The Bertz CT molecular complexity index is 634. The molecule has 0 unspecified atom stereocenters. The van der Waals surface area contributed by atoms with Crippen molar-refractivity contribution in [2.75, 3.05) is 10.6 Å². The molecule has 0 amide bonds. The number of pyridine rings is 1. The summed E-state index contributed by atoms with van der Waals surface area (Å²) in [6.07, 6.45) is 1.81. The van der Waals surface area contributed by atoms with E-state index >= 15 is 0 Å². The number of hydrogen-bond donors (Lipinski definition) is 2. The quantitative estimate of drug-likeness (QED) is 0.710. The lowest BCUT2D eigenvalue weighted by Gasteiger charge is -2.13. The first-order chi connectivity index (χ1) is 10.9. The van der Waals surface area contributed by atoms with Gasteiger partial charge >= 0.3 is 0 Å². The van der Waals surface area contributed by atoms with Crippen molar-refractivity contribution in [1.29, 1.82) is 0 Å². The molecule has 1 heterocycles. The second kappa shape index (κ2) is 7.27. The van der Waals surface area contributed by atoms with Crippen molar-refractivity contribution in [3.63, 3.8) is 0 Å². The second-order valence-corrected chi connectivity index (χ2v) is 5.08. The third kappa shape index (κ3) is 3.85. The zero-order valence-electron chi connectivity index (χ0n) is 12.4. The van der Waals surface area contributed by atoms with Gasteiger partial charge in [-0.15, -0.1) is 0 Å². The molecule has 110 valence electrons. The van der Waals surface area contributed by atoms with Gasteiger partial charge in [0.05, 0.1) is 5.69 Å². The molecule has 3 heteroatoms. The maximum absolute atomic E-state index is 4.43. The minimum absolute atomic E-state index is 0.762. The van der Waals surface area contributed by atoms with Gasteiger partial charge in [-0.25, -0.2) is 4.98 Å². The number of hydrogen-bond acceptors (Lipinski definition) is 3. The molecule has 22 heavy (non-hydrogen) atoms. The van der Waals surface area contributed by atoms with E-state index in [1.807, 2.05) is 36.4 Å². The first-order valence-corrected chi connectivity index (χ1v) is 7.42. The van der Waals surface area contributed by atoms with Crippen LogP contribution in [0.15, 0.2) is 79.0 Å². The molecule has 2 aromatic carbocycles. The predicted molar refractivity (Wildman–Crippen MR) is 91.8 cm³/mol. The number of nitrogens with one attached hydrogen (secondary N) is 2. The highest BCUT2D eigenvalue weighted by Gasteiger charge is 2.02. The zero-order valence-corrected chi connectivity index (χ0v) is 12.4. The van der Waals surface area contributed by atoms with Gasteiger partial charge in [-0.05, 0) is 23.3 Å². The van der Waals surface area contributed by atoms with Crippen molar-refractivity contribution in [3.8, 4) is 0 Å². The average molecular weight is 289 g/mol. The van der Waals surface area contributed by atoms with Crippen LogP contribution in [-0.2, 0) is 13.1 Å². The van der Waals surface area contributed by atoms with Gasteiger partial charge in [0.15, 0.2) is 0 Å². The van der Waals surface area contributed by atoms with Gasteiger partial charge in [-0.2, -0.15) is 0 Å². The van der Waals surface area contributed by atoms with Gasteiger partial charge in [0, 0.05) is 19.3 Å². The minimum Gasteiger partial charge on any atom is -0.378 e. The monoisotopic (exact) mass is 289 g/mol. The van der Waals surface area contributed by atoms with Crippen molar-refractivity contribution in [3.05, 3.63) is 90.1 Å². The highest BCUT2D eigenvalue weighted by Crippen LogP contribution is 2.19. The molecule has 0 aliphatic heterocycles. The topological polar surface area (TPSA) is 37.0 Å². The Morgan fingerprint density at radius 1 is 0.636 bits per heavy atom. The Hall–Kier alpha value is -2.81. The van der Waals surface area contributed by atoms with E-state index in [9.17, 15) is 0 Å². The summed E-state index contributed by atoms with van der Waals surface area (Å²) in [5.74, 6) is 0.877. The van der Waals surface area contributed by atoms with E-state index in [0.717, 1.165) is 24.6 Å². The first-order valence-electron chi connectivity index (χ1n) is 7.42. The summed E-state index contributed by atoms with van der Waals surface area (Å²) in [5, 5.41) is 6.83. The Morgan fingerprint density at radius 3 is 1.86 bits per heavy atom. The van der Waals surface area contributed by atoms with Crippen LogP contribution in [-0.4, -0.2) is 4.98 Å². The van der Waals surface area contributed by atoms with Crippen molar-refractivity contribution >= 4 is 11.5 Å². The molecular formula is C19H19N3. The van der Waals surface area contributed by atoms with Gasteiger partial charge in [0.1, 0.15) is 5.82 Å². The normalized spacial score (nSPS) is 10.2. The molecule has 0 fully saturated rings. The molecule has 0 radical (unpaired) electrons. The summed E-state index contributed by atoms with van der Waals surface area (Å²) < 4.78 is 0. The maximum atomic E-state index is 4.43. The Balaban J connectivity index is 1.65. The van der Waals surface area contributed by atoms with Gasteiger partial charge in [-0.1, -0.05) is 60.7 Å². The van der Waals surface area contributed by atoms with Crippen LogP contribution in [0.25, 0.3) is 0 Å². The lowest BCUT2D eigenvalue weighted by atomic mass is 10.2. The molecule has 0 atom stereocenters. The zero-order chi connectivity index (χ0) is 15.0. The minimum atomic E-state index is 0.762. The standard InChI is InChI=1S/C19H19N3/c1-3-8-16(9-4-1)14-21-18-12-7-13-20-19(18)22-15-17-10-5-2-6-11-17/h1-13,21H,14-15H2,(H,20,22). The average Bonchev–Trinajstić information content (AvgIpc) is 2.61. The van der Waals surface area contributed by atoms with E-state index in [1.165, 1.54) is 11.1 Å². The summed E-state index contributed by atoms with van der Waals surface area (Å²) in [6, 6.07) is 24.7. The molecule has 0 spiro atoms. The predicted octanol–water partition coefficient (Wildman–Crippen LogP) is 4.31. The number of nitrogens with zero attached hydrogens (tertiary/aromatic N) is 1. The van der Waals surface area contributed by atoms with Gasteiger partial charge < -0.3 is 10.6 Å². The smallest absolute Gasteiger partial charge is 0.149 e. The maximum Gasteiger partial charge on any atom is 0.149 e. The van der Waals surface area contributed by atoms with Crippen molar-refractivity contribution < 1.29 is 0 Å². The summed E-state index contributed by atoms with van der Waals surface area (Å²) in [6.45, 7) is 1.55. The van der Waals surface area contributed by atoms with Crippen LogP contribution in [0, 0.1) is 0 Å². The van der Waals surface area contributed by atoms with Crippen molar-refractivity contribution in [2.24, 2.45) is 0 Å². The molecular weight excluding hydrogens is 270 g/mol. The molecule has 0 saturated carbocycles. The van der Waals surface area contributed by atoms with Crippen LogP contribution in [0.4, 0.5) is 11.5 Å². The third-order valence-corrected chi connectivity index (χ3v) is 3.44. The summed E-state index contributed by atoms with van der Waals surface area (Å²) in [7, 11) is 0. The van der Waals surface area contributed by atoms with E-state index in [0.29, 0.717) is 0 Å². The Kier molecular flexibility index (Phi) is 4.67. The van der Waals surface area contributed by atoms with Crippen LogP contribution in [0.1, 0.15) is 11.1 Å². The largest absolute Gasteiger partial charge is 0.378 e. The number of aromatic nitrogens is 1. The van der Waals surface area contributed by atoms with E-state index in [1.54, 1.807) is 6.20 Å². The number of rotatable bonds is 6. The fourth-order valence-corrected chi connectivity index (χ4v) is 2.26. The molecule has 0 aliphatic rings. The highest BCUT2D eigenvalue weighted by molar-refractivity contribution is 5.64. The van der Waals surface area contributed by atoms with E-state index in [2.05, 4.69) is 52.0 Å². The molecule has 2 N–H and O–H groups in total.